The molecule has 23 heavy (non-hydrogen) atoms. The zero-order chi connectivity index (χ0) is 16.9. The number of hydrogen-bond donors (Lipinski definition) is 3. The lowest BCUT2D eigenvalue weighted by Gasteiger charge is -2.20. The number of aliphatic hydroxyl groups excluding tert-OH is 1. The van der Waals surface area contributed by atoms with Crippen LogP contribution in [0.4, 0.5) is 23.7 Å². The summed E-state index contributed by atoms with van der Waals surface area (Å²) in [6.07, 6.45) is -1.92. The van der Waals surface area contributed by atoms with E-state index in [1.54, 1.807) is 6.07 Å². The minimum atomic E-state index is -4.45. The summed E-state index contributed by atoms with van der Waals surface area (Å²) < 4.78 is 41.4. The fourth-order valence-electron chi connectivity index (χ4n) is 2.63. The van der Waals surface area contributed by atoms with E-state index < -0.39 is 18.8 Å². The highest BCUT2D eigenvalue weighted by Crippen LogP contribution is 2.27. The van der Waals surface area contributed by atoms with Crippen molar-refractivity contribution in [2.24, 2.45) is 5.92 Å². The van der Waals surface area contributed by atoms with Gasteiger partial charge in [0.05, 0.1) is 5.69 Å². The molecular weight excluding hydrogens is 313 g/mol. The molecule has 5 nitrogen and oxygen atoms in total. The van der Waals surface area contributed by atoms with Gasteiger partial charge in [-0.15, -0.1) is 0 Å². The van der Waals surface area contributed by atoms with Crippen molar-refractivity contribution in [2.75, 3.05) is 18.5 Å². The van der Waals surface area contributed by atoms with Crippen LogP contribution in [0, 0.1) is 5.92 Å². The van der Waals surface area contributed by atoms with Gasteiger partial charge in [0.15, 0.2) is 6.61 Å². The lowest BCUT2D eigenvalue weighted by Crippen LogP contribution is -2.41. The molecule has 1 saturated carbocycles. The highest BCUT2D eigenvalue weighted by atomic mass is 19.4. The topological polar surface area (TPSA) is 70.6 Å². The number of carbonyl (C=O) groups excluding carboxylic acids is 1. The first-order valence-electron chi connectivity index (χ1n) is 7.36. The van der Waals surface area contributed by atoms with Crippen molar-refractivity contribution in [1.82, 2.24) is 5.32 Å². The Hall–Kier alpha value is -1.96. The minimum absolute atomic E-state index is 0.00374. The van der Waals surface area contributed by atoms with E-state index in [1.165, 1.54) is 18.2 Å². The third-order valence-electron chi connectivity index (χ3n) is 3.74. The number of alkyl halides is 3. The lowest BCUT2D eigenvalue weighted by atomic mass is 10.1. The molecule has 1 aromatic carbocycles. The summed E-state index contributed by atoms with van der Waals surface area (Å²) in [6, 6.07) is 5.26. The Morgan fingerprint density at radius 3 is 2.74 bits per heavy atom. The molecule has 1 aliphatic carbocycles. The molecule has 0 bridgehead atoms. The second kappa shape index (κ2) is 7.54. The highest BCUT2D eigenvalue weighted by molar-refractivity contribution is 5.91. The Bertz CT molecular complexity index is 537. The second-order valence-corrected chi connectivity index (χ2v) is 5.48. The Balaban J connectivity index is 1.95. The van der Waals surface area contributed by atoms with Gasteiger partial charge in [-0.2, -0.15) is 13.2 Å². The maximum atomic E-state index is 12.2. The highest BCUT2D eigenvalue weighted by Gasteiger charge is 2.30. The van der Waals surface area contributed by atoms with Gasteiger partial charge in [-0.25, -0.2) is 4.79 Å². The van der Waals surface area contributed by atoms with Crippen LogP contribution in [-0.4, -0.2) is 36.6 Å². The number of para-hydroxylation sites is 2. The fourth-order valence-corrected chi connectivity index (χ4v) is 2.63. The number of ether oxygens (including phenoxy) is 1. The van der Waals surface area contributed by atoms with Crippen LogP contribution in [0.1, 0.15) is 19.3 Å². The standard InChI is InChI=1S/C15H19F3N2O3/c16-15(17,18)9-23-13-7-2-1-5-12(13)20-14(22)19-11-6-3-4-10(11)8-21/h1-2,5,7,10-11,21H,3-4,6,8-9H2,(H2,19,20,22)/t10-,11-/m1/s1. The van der Waals surface area contributed by atoms with Gasteiger partial charge in [-0.05, 0) is 25.0 Å². The minimum Gasteiger partial charge on any atom is -0.482 e. The van der Waals surface area contributed by atoms with Gasteiger partial charge in [-0.3, -0.25) is 0 Å². The van der Waals surface area contributed by atoms with Crippen molar-refractivity contribution >= 4 is 11.7 Å². The first-order valence-corrected chi connectivity index (χ1v) is 7.36. The van der Waals surface area contributed by atoms with E-state index in [0.717, 1.165) is 19.3 Å². The number of halogens is 3. The Morgan fingerprint density at radius 2 is 2.04 bits per heavy atom. The van der Waals surface area contributed by atoms with Crippen molar-refractivity contribution in [3.63, 3.8) is 0 Å². The number of benzene rings is 1. The number of carbonyl (C=O) groups is 1. The lowest BCUT2D eigenvalue weighted by molar-refractivity contribution is -0.153. The summed E-state index contributed by atoms with van der Waals surface area (Å²) in [5.41, 5.74) is 0.160. The molecule has 1 fully saturated rings. The van der Waals surface area contributed by atoms with Gasteiger partial charge >= 0.3 is 12.2 Å². The van der Waals surface area contributed by atoms with Crippen LogP contribution < -0.4 is 15.4 Å². The van der Waals surface area contributed by atoms with Gasteiger partial charge in [0, 0.05) is 18.6 Å². The molecule has 2 atom stereocenters. The van der Waals surface area contributed by atoms with Crippen LogP contribution in [0.2, 0.25) is 0 Å². The number of amides is 2. The van der Waals surface area contributed by atoms with Gasteiger partial charge < -0.3 is 20.5 Å². The first kappa shape index (κ1) is 17.4. The molecule has 0 aromatic heterocycles. The average molecular weight is 332 g/mol. The number of aliphatic hydroxyl groups is 1. The molecule has 0 saturated heterocycles. The van der Waals surface area contributed by atoms with Crippen molar-refractivity contribution in [2.45, 2.75) is 31.5 Å². The summed E-state index contributed by atoms with van der Waals surface area (Å²) in [5.74, 6) is -0.0393. The van der Waals surface area contributed by atoms with E-state index in [9.17, 15) is 23.1 Å². The van der Waals surface area contributed by atoms with Gasteiger partial charge in [-0.1, -0.05) is 18.6 Å². The van der Waals surface area contributed by atoms with E-state index in [-0.39, 0.29) is 30.0 Å². The van der Waals surface area contributed by atoms with Gasteiger partial charge in [0.25, 0.3) is 0 Å². The SMILES string of the molecule is O=C(Nc1ccccc1OCC(F)(F)F)N[C@@H]1CCC[C@@H]1CO. The van der Waals surface area contributed by atoms with E-state index in [1.807, 2.05) is 0 Å². The molecule has 0 spiro atoms. The Labute approximate surface area is 131 Å². The van der Waals surface area contributed by atoms with Crippen LogP contribution in [0.15, 0.2) is 24.3 Å². The van der Waals surface area contributed by atoms with Crippen molar-refractivity contribution in [3.8, 4) is 5.75 Å². The van der Waals surface area contributed by atoms with E-state index >= 15 is 0 Å². The van der Waals surface area contributed by atoms with E-state index in [2.05, 4.69) is 10.6 Å². The fraction of sp³-hybridized carbons (Fsp3) is 0.533. The number of urea groups is 1. The quantitative estimate of drug-likeness (QED) is 0.776. The molecule has 128 valence electrons. The first-order chi connectivity index (χ1) is 10.9. The number of rotatable bonds is 5. The van der Waals surface area contributed by atoms with Crippen LogP contribution in [0.5, 0.6) is 5.75 Å². The van der Waals surface area contributed by atoms with Crippen LogP contribution in [-0.2, 0) is 0 Å². The van der Waals surface area contributed by atoms with Crippen molar-refractivity contribution < 1.29 is 27.8 Å². The zero-order valence-electron chi connectivity index (χ0n) is 12.4. The normalized spacial score (nSPS) is 21.0. The molecule has 0 radical (unpaired) electrons. The van der Waals surface area contributed by atoms with Crippen molar-refractivity contribution in [1.29, 1.82) is 0 Å². The molecule has 1 aliphatic rings. The molecule has 1 aromatic rings. The summed E-state index contributed by atoms with van der Waals surface area (Å²) in [7, 11) is 0. The Kier molecular flexibility index (Phi) is 5.70. The van der Waals surface area contributed by atoms with Gasteiger partial charge in [0.1, 0.15) is 5.75 Å². The summed E-state index contributed by atoms with van der Waals surface area (Å²) in [6.45, 7) is -1.43. The zero-order valence-corrected chi connectivity index (χ0v) is 12.4. The largest absolute Gasteiger partial charge is 0.482 e. The molecule has 2 rings (SSSR count). The summed E-state index contributed by atoms with van der Waals surface area (Å²) >= 11 is 0. The van der Waals surface area contributed by atoms with Gasteiger partial charge in [0.2, 0.25) is 0 Å². The third kappa shape index (κ3) is 5.31. The Morgan fingerprint density at radius 1 is 1.30 bits per heavy atom. The number of anilines is 1. The molecular formula is C15H19F3N2O3. The monoisotopic (exact) mass is 332 g/mol. The molecule has 8 heteroatoms. The van der Waals surface area contributed by atoms with Crippen LogP contribution in [0.25, 0.3) is 0 Å². The smallest absolute Gasteiger partial charge is 0.422 e. The third-order valence-corrected chi connectivity index (χ3v) is 3.74. The number of nitrogens with one attached hydrogen (secondary N) is 2. The molecule has 2 amide bonds. The van der Waals surface area contributed by atoms with E-state index in [4.69, 9.17) is 4.74 Å². The molecule has 0 unspecified atom stereocenters. The van der Waals surface area contributed by atoms with Crippen molar-refractivity contribution in [3.05, 3.63) is 24.3 Å². The number of hydrogen-bond acceptors (Lipinski definition) is 3. The molecule has 3 N–H and O–H groups in total. The maximum Gasteiger partial charge on any atom is 0.422 e. The second-order valence-electron chi connectivity index (χ2n) is 5.48. The summed E-state index contributed by atoms with van der Waals surface area (Å²) in [5, 5.41) is 14.5. The van der Waals surface area contributed by atoms with Crippen LogP contribution >= 0.6 is 0 Å². The molecule has 0 aliphatic heterocycles. The summed E-state index contributed by atoms with van der Waals surface area (Å²) in [4.78, 5) is 12.0. The predicted octanol–water partition coefficient (Wildman–Crippen LogP) is 2.91. The van der Waals surface area contributed by atoms with Crippen LogP contribution in [0.3, 0.4) is 0 Å². The molecule has 0 heterocycles. The predicted molar refractivity (Wildman–Crippen MR) is 78.4 cm³/mol. The van der Waals surface area contributed by atoms with E-state index in [0.29, 0.717) is 0 Å². The maximum absolute atomic E-state index is 12.2. The average Bonchev–Trinajstić information content (AvgIpc) is 2.92.